The SMILES string of the molecule is CCC(CC)(OC)C(N)Cc1nccn1C. The molecule has 0 saturated carbocycles. The highest BCUT2D eigenvalue weighted by molar-refractivity contribution is 5.00. The molecule has 0 aromatic carbocycles. The zero-order chi connectivity index (χ0) is 12.2. The van der Waals surface area contributed by atoms with Crippen molar-refractivity contribution in [3.63, 3.8) is 0 Å². The van der Waals surface area contributed by atoms with E-state index in [9.17, 15) is 0 Å². The summed E-state index contributed by atoms with van der Waals surface area (Å²) in [5, 5.41) is 0. The molecule has 1 heterocycles. The van der Waals surface area contributed by atoms with E-state index in [1.165, 1.54) is 0 Å². The van der Waals surface area contributed by atoms with E-state index >= 15 is 0 Å². The molecule has 1 aromatic heterocycles. The number of nitrogens with zero attached hydrogens (tertiary/aromatic N) is 2. The first kappa shape index (κ1) is 13.2. The number of methoxy groups -OCH3 is 1. The van der Waals surface area contributed by atoms with Crippen molar-refractivity contribution in [3.05, 3.63) is 18.2 Å². The molecular formula is C12H23N3O. The zero-order valence-corrected chi connectivity index (χ0v) is 10.7. The number of rotatable bonds is 6. The average molecular weight is 225 g/mol. The minimum absolute atomic E-state index is 0.0198. The van der Waals surface area contributed by atoms with E-state index in [1.54, 1.807) is 13.3 Å². The van der Waals surface area contributed by atoms with Gasteiger partial charge in [0.1, 0.15) is 5.82 Å². The Morgan fingerprint density at radius 2 is 2.12 bits per heavy atom. The number of hydrogen-bond acceptors (Lipinski definition) is 3. The van der Waals surface area contributed by atoms with Gasteiger partial charge in [0.15, 0.2) is 0 Å². The van der Waals surface area contributed by atoms with Crippen molar-refractivity contribution in [2.45, 2.75) is 44.8 Å². The number of nitrogens with two attached hydrogens (primary N) is 1. The maximum atomic E-state index is 6.27. The van der Waals surface area contributed by atoms with Gasteiger partial charge in [-0.15, -0.1) is 0 Å². The van der Waals surface area contributed by atoms with Gasteiger partial charge in [-0.3, -0.25) is 0 Å². The summed E-state index contributed by atoms with van der Waals surface area (Å²) < 4.78 is 7.63. The molecule has 0 saturated heterocycles. The first-order valence-electron chi connectivity index (χ1n) is 5.86. The standard InChI is InChI=1S/C12H23N3O/c1-5-12(6-2,16-4)10(13)9-11-14-7-8-15(11)3/h7-8,10H,5-6,9,13H2,1-4H3. The first-order chi connectivity index (χ1) is 7.59. The molecule has 0 aliphatic carbocycles. The van der Waals surface area contributed by atoms with Crippen molar-refractivity contribution >= 4 is 0 Å². The predicted octanol–water partition coefficient (Wildman–Crippen LogP) is 1.50. The molecule has 0 radical (unpaired) electrons. The van der Waals surface area contributed by atoms with E-state index in [2.05, 4.69) is 18.8 Å². The van der Waals surface area contributed by atoms with Crippen LogP contribution >= 0.6 is 0 Å². The molecule has 4 nitrogen and oxygen atoms in total. The van der Waals surface area contributed by atoms with Crippen LogP contribution in [0.5, 0.6) is 0 Å². The fraction of sp³-hybridized carbons (Fsp3) is 0.750. The molecule has 4 heteroatoms. The number of aryl methyl sites for hydroxylation is 1. The Labute approximate surface area is 97.8 Å². The van der Waals surface area contributed by atoms with Crippen molar-refractivity contribution in [2.75, 3.05) is 7.11 Å². The Kier molecular flexibility index (Phi) is 4.50. The second kappa shape index (κ2) is 5.46. The van der Waals surface area contributed by atoms with Gasteiger partial charge in [-0.25, -0.2) is 4.98 Å². The summed E-state index contributed by atoms with van der Waals surface area (Å²) in [6.07, 6.45) is 6.33. The molecule has 1 unspecified atom stereocenters. The van der Waals surface area contributed by atoms with Gasteiger partial charge in [0.05, 0.1) is 5.60 Å². The van der Waals surface area contributed by atoms with Gasteiger partial charge in [0.2, 0.25) is 0 Å². The predicted molar refractivity (Wildman–Crippen MR) is 65.2 cm³/mol. The van der Waals surface area contributed by atoms with Crippen LogP contribution in [0.1, 0.15) is 32.5 Å². The highest BCUT2D eigenvalue weighted by Gasteiger charge is 2.33. The van der Waals surface area contributed by atoms with Gasteiger partial charge in [-0.2, -0.15) is 0 Å². The largest absolute Gasteiger partial charge is 0.377 e. The minimum Gasteiger partial charge on any atom is -0.377 e. The van der Waals surface area contributed by atoms with Crippen LogP contribution in [0.2, 0.25) is 0 Å². The second-order valence-corrected chi connectivity index (χ2v) is 4.24. The summed E-state index contributed by atoms with van der Waals surface area (Å²) in [5.74, 6) is 1.01. The van der Waals surface area contributed by atoms with E-state index in [-0.39, 0.29) is 11.6 Å². The summed E-state index contributed by atoms with van der Waals surface area (Å²) in [6, 6.07) is -0.0198. The van der Waals surface area contributed by atoms with Gasteiger partial charge >= 0.3 is 0 Å². The molecule has 0 aliphatic rings. The Hall–Kier alpha value is -0.870. The molecule has 1 aromatic rings. The molecule has 92 valence electrons. The van der Waals surface area contributed by atoms with Crippen LogP contribution in [-0.2, 0) is 18.2 Å². The third-order valence-electron chi connectivity index (χ3n) is 3.60. The molecule has 0 bridgehead atoms. The number of aromatic nitrogens is 2. The lowest BCUT2D eigenvalue weighted by molar-refractivity contribution is -0.0379. The van der Waals surface area contributed by atoms with Gasteiger partial charge in [0.25, 0.3) is 0 Å². The molecule has 0 fully saturated rings. The minimum atomic E-state index is -0.230. The number of hydrogen-bond donors (Lipinski definition) is 1. The highest BCUT2D eigenvalue weighted by atomic mass is 16.5. The van der Waals surface area contributed by atoms with Gasteiger partial charge in [-0.1, -0.05) is 13.8 Å². The fourth-order valence-electron chi connectivity index (χ4n) is 2.19. The molecule has 0 aliphatic heterocycles. The third-order valence-corrected chi connectivity index (χ3v) is 3.60. The van der Waals surface area contributed by atoms with E-state index in [0.29, 0.717) is 0 Å². The van der Waals surface area contributed by atoms with Crippen LogP contribution in [0, 0.1) is 0 Å². The number of ether oxygens (including phenoxy) is 1. The quantitative estimate of drug-likeness (QED) is 0.798. The monoisotopic (exact) mass is 225 g/mol. The summed E-state index contributed by atoms with van der Waals surface area (Å²) >= 11 is 0. The van der Waals surface area contributed by atoms with E-state index in [1.807, 2.05) is 17.8 Å². The van der Waals surface area contributed by atoms with Crippen LogP contribution in [0.3, 0.4) is 0 Å². The maximum Gasteiger partial charge on any atom is 0.110 e. The van der Waals surface area contributed by atoms with Crippen LogP contribution in [0.4, 0.5) is 0 Å². The summed E-state index contributed by atoms with van der Waals surface area (Å²) in [4.78, 5) is 4.30. The Morgan fingerprint density at radius 3 is 2.50 bits per heavy atom. The van der Waals surface area contributed by atoms with E-state index < -0.39 is 0 Å². The van der Waals surface area contributed by atoms with E-state index in [0.717, 1.165) is 25.1 Å². The Balaban J connectivity index is 2.77. The average Bonchev–Trinajstić information content (AvgIpc) is 2.68. The van der Waals surface area contributed by atoms with Crippen LogP contribution in [0.15, 0.2) is 12.4 Å². The van der Waals surface area contributed by atoms with Crippen molar-refractivity contribution in [1.29, 1.82) is 0 Å². The lowest BCUT2D eigenvalue weighted by atomic mass is 9.86. The van der Waals surface area contributed by atoms with Crippen LogP contribution in [0.25, 0.3) is 0 Å². The molecule has 0 amide bonds. The summed E-state index contributed by atoms with van der Waals surface area (Å²) in [6.45, 7) is 4.23. The highest BCUT2D eigenvalue weighted by Crippen LogP contribution is 2.24. The van der Waals surface area contributed by atoms with Gasteiger partial charge in [-0.05, 0) is 12.8 Å². The molecule has 0 spiro atoms. The lowest BCUT2D eigenvalue weighted by Crippen LogP contribution is -2.50. The second-order valence-electron chi connectivity index (χ2n) is 4.24. The number of imidazole rings is 1. The van der Waals surface area contributed by atoms with Crippen molar-refractivity contribution < 1.29 is 4.74 Å². The van der Waals surface area contributed by atoms with Crippen LogP contribution < -0.4 is 5.73 Å². The summed E-state index contributed by atoms with van der Waals surface area (Å²) in [7, 11) is 3.73. The molecular weight excluding hydrogens is 202 g/mol. The molecule has 16 heavy (non-hydrogen) atoms. The van der Waals surface area contributed by atoms with Crippen LogP contribution in [-0.4, -0.2) is 28.3 Å². The van der Waals surface area contributed by atoms with Crippen molar-refractivity contribution in [1.82, 2.24) is 9.55 Å². The van der Waals surface area contributed by atoms with Gasteiger partial charge in [0, 0.05) is 39.0 Å². The normalized spacial score (nSPS) is 14.1. The Morgan fingerprint density at radius 1 is 1.50 bits per heavy atom. The maximum absolute atomic E-state index is 6.27. The van der Waals surface area contributed by atoms with Crippen molar-refractivity contribution in [3.8, 4) is 0 Å². The van der Waals surface area contributed by atoms with E-state index in [4.69, 9.17) is 10.5 Å². The fourth-order valence-corrected chi connectivity index (χ4v) is 2.19. The first-order valence-corrected chi connectivity index (χ1v) is 5.86. The van der Waals surface area contributed by atoms with Gasteiger partial charge < -0.3 is 15.0 Å². The molecule has 1 atom stereocenters. The molecule has 2 N–H and O–H groups in total. The third kappa shape index (κ3) is 2.44. The van der Waals surface area contributed by atoms with Crippen molar-refractivity contribution in [2.24, 2.45) is 12.8 Å². The lowest BCUT2D eigenvalue weighted by Gasteiger charge is -2.36. The summed E-state index contributed by atoms with van der Waals surface area (Å²) in [5.41, 5.74) is 6.04. The topological polar surface area (TPSA) is 53.1 Å². The zero-order valence-electron chi connectivity index (χ0n) is 10.7. The Bertz CT molecular complexity index is 310. The molecule has 1 rings (SSSR count). The smallest absolute Gasteiger partial charge is 0.110 e.